The van der Waals surface area contributed by atoms with Crippen molar-refractivity contribution in [3.63, 3.8) is 0 Å². The van der Waals surface area contributed by atoms with Crippen molar-refractivity contribution in [1.29, 1.82) is 0 Å². The van der Waals surface area contributed by atoms with Gasteiger partial charge in [-0.15, -0.1) is 0 Å². The Kier molecular flexibility index (Phi) is 7.50. The molecule has 1 aromatic rings. The molecule has 0 aliphatic carbocycles. The summed E-state index contributed by atoms with van der Waals surface area (Å²) in [5, 5.41) is 3.15. The maximum absolute atomic E-state index is 11.6. The third-order valence-corrected chi connectivity index (χ3v) is 2.84. The van der Waals surface area contributed by atoms with Gasteiger partial charge in [-0.2, -0.15) is 0 Å². The van der Waals surface area contributed by atoms with Gasteiger partial charge in [0.25, 0.3) is 0 Å². The molecule has 5 heteroatoms. The van der Waals surface area contributed by atoms with E-state index < -0.39 is 0 Å². The molecule has 0 aromatic heterocycles. The molecule has 0 saturated heterocycles. The van der Waals surface area contributed by atoms with Gasteiger partial charge in [-0.3, -0.25) is 4.79 Å². The van der Waals surface area contributed by atoms with Gasteiger partial charge in [0.2, 0.25) is 0 Å². The maximum atomic E-state index is 11.6. The average Bonchev–Trinajstić information content (AvgIpc) is 2.50. The van der Waals surface area contributed by atoms with E-state index in [9.17, 15) is 4.79 Å². The van der Waals surface area contributed by atoms with Gasteiger partial charge in [-0.1, -0.05) is 13.0 Å². The molecule has 1 aromatic carbocycles. The van der Waals surface area contributed by atoms with E-state index in [1.54, 1.807) is 7.11 Å². The molecular weight excluding hydrogens is 258 g/mol. The molecule has 0 spiro atoms. The Morgan fingerprint density at radius 2 is 2.05 bits per heavy atom. The summed E-state index contributed by atoms with van der Waals surface area (Å²) in [4.78, 5) is 11.6. The monoisotopic (exact) mass is 281 g/mol. The summed E-state index contributed by atoms with van der Waals surface area (Å²) < 4.78 is 15.5. The van der Waals surface area contributed by atoms with Gasteiger partial charge in [0, 0.05) is 12.5 Å². The summed E-state index contributed by atoms with van der Waals surface area (Å²) in [6.45, 7) is 3.26. The molecule has 1 rings (SSSR count). The highest BCUT2D eigenvalue weighted by Crippen LogP contribution is 2.19. The van der Waals surface area contributed by atoms with Crippen molar-refractivity contribution in [3.05, 3.63) is 24.3 Å². The molecule has 20 heavy (non-hydrogen) atoms. The van der Waals surface area contributed by atoms with Gasteiger partial charge in [0.1, 0.15) is 17.5 Å². The zero-order valence-corrected chi connectivity index (χ0v) is 12.3. The van der Waals surface area contributed by atoms with Gasteiger partial charge in [0.15, 0.2) is 0 Å². The number of hydrogen-bond donors (Lipinski definition) is 1. The van der Waals surface area contributed by atoms with E-state index in [1.807, 2.05) is 31.2 Å². The van der Waals surface area contributed by atoms with E-state index >= 15 is 0 Å². The van der Waals surface area contributed by atoms with E-state index in [-0.39, 0.29) is 12.0 Å². The summed E-state index contributed by atoms with van der Waals surface area (Å²) in [5.74, 6) is 1.22. The van der Waals surface area contributed by atoms with E-state index in [0.29, 0.717) is 13.0 Å². The fraction of sp³-hybridized carbons (Fsp3) is 0.533. The summed E-state index contributed by atoms with van der Waals surface area (Å²) in [6, 6.07) is 7.06. The second-order valence-corrected chi connectivity index (χ2v) is 4.35. The molecule has 1 atom stereocenters. The van der Waals surface area contributed by atoms with Crippen LogP contribution in [0.1, 0.15) is 19.8 Å². The number of nitrogens with one attached hydrogen (secondary N) is 1. The van der Waals surface area contributed by atoms with Gasteiger partial charge in [-0.25, -0.2) is 0 Å². The number of methoxy groups -OCH3 is 2. The smallest absolute Gasteiger partial charge is 0.322 e. The van der Waals surface area contributed by atoms with Crippen molar-refractivity contribution in [2.24, 2.45) is 0 Å². The minimum Gasteiger partial charge on any atom is -0.497 e. The fourth-order valence-corrected chi connectivity index (χ4v) is 1.75. The Morgan fingerprint density at radius 1 is 1.30 bits per heavy atom. The number of esters is 1. The van der Waals surface area contributed by atoms with Crippen molar-refractivity contribution in [3.8, 4) is 11.5 Å². The lowest BCUT2D eigenvalue weighted by Crippen LogP contribution is -2.39. The van der Waals surface area contributed by atoms with Gasteiger partial charge >= 0.3 is 5.97 Å². The van der Waals surface area contributed by atoms with Gasteiger partial charge in [0.05, 0.1) is 20.8 Å². The standard InChI is InChI=1S/C15H23NO4/c1-4-9-16-14(15(17)19-3)8-10-20-13-7-5-6-12(11-13)18-2/h5-7,11,14,16H,4,8-10H2,1-3H3. The predicted octanol–water partition coefficient (Wildman–Crippen LogP) is 2.01. The van der Waals surface area contributed by atoms with Crippen LogP contribution < -0.4 is 14.8 Å². The van der Waals surface area contributed by atoms with Crippen LogP contribution in [0.25, 0.3) is 0 Å². The minimum absolute atomic E-state index is 0.257. The first-order valence-electron chi connectivity index (χ1n) is 6.79. The summed E-state index contributed by atoms with van der Waals surface area (Å²) in [5.41, 5.74) is 0. The number of benzene rings is 1. The lowest BCUT2D eigenvalue weighted by Gasteiger charge is -2.16. The SMILES string of the molecule is CCCNC(CCOc1cccc(OC)c1)C(=O)OC. The third-order valence-electron chi connectivity index (χ3n) is 2.84. The Morgan fingerprint density at radius 3 is 2.70 bits per heavy atom. The number of carbonyl (C=O) groups excluding carboxylic acids is 1. The second-order valence-electron chi connectivity index (χ2n) is 4.35. The summed E-state index contributed by atoms with van der Waals surface area (Å²) in [7, 11) is 3.01. The first kappa shape index (κ1) is 16.3. The number of ether oxygens (including phenoxy) is 3. The Hall–Kier alpha value is -1.75. The number of hydrogen-bond acceptors (Lipinski definition) is 5. The molecule has 0 saturated carbocycles. The zero-order valence-electron chi connectivity index (χ0n) is 12.3. The van der Waals surface area contributed by atoms with E-state index in [2.05, 4.69) is 5.32 Å². The van der Waals surface area contributed by atoms with Gasteiger partial charge < -0.3 is 19.5 Å². The Labute approximate surface area is 120 Å². The first-order valence-corrected chi connectivity index (χ1v) is 6.79. The van der Waals surface area contributed by atoms with Crippen molar-refractivity contribution in [2.45, 2.75) is 25.8 Å². The molecule has 5 nitrogen and oxygen atoms in total. The lowest BCUT2D eigenvalue weighted by atomic mass is 10.2. The Bertz CT molecular complexity index is 409. The predicted molar refractivity (Wildman–Crippen MR) is 77.2 cm³/mol. The van der Waals surface area contributed by atoms with Crippen LogP contribution in [0.5, 0.6) is 11.5 Å². The van der Waals surface area contributed by atoms with Crippen LogP contribution in [-0.4, -0.2) is 39.4 Å². The molecule has 112 valence electrons. The van der Waals surface area contributed by atoms with Crippen molar-refractivity contribution < 1.29 is 19.0 Å². The normalized spacial score (nSPS) is 11.8. The van der Waals surface area contributed by atoms with Crippen LogP contribution in [-0.2, 0) is 9.53 Å². The summed E-state index contributed by atoms with van der Waals surface area (Å²) in [6.07, 6.45) is 1.52. The number of rotatable bonds is 9. The van der Waals surface area contributed by atoms with Crippen LogP contribution in [0.4, 0.5) is 0 Å². The molecule has 0 radical (unpaired) electrons. The fourth-order valence-electron chi connectivity index (χ4n) is 1.75. The molecule has 0 aliphatic heterocycles. The molecule has 0 bridgehead atoms. The quantitative estimate of drug-likeness (QED) is 0.702. The molecule has 1 N–H and O–H groups in total. The highest BCUT2D eigenvalue weighted by Gasteiger charge is 2.17. The Balaban J connectivity index is 2.44. The average molecular weight is 281 g/mol. The molecule has 0 heterocycles. The minimum atomic E-state index is -0.328. The van der Waals surface area contributed by atoms with E-state index in [4.69, 9.17) is 14.2 Å². The van der Waals surface area contributed by atoms with Crippen LogP contribution >= 0.6 is 0 Å². The van der Waals surface area contributed by atoms with Crippen LogP contribution in [0.15, 0.2) is 24.3 Å². The molecule has 0 fully saturated rings. The third kappa shape index (κ3) is 5.48. The lowest BCUT2D eigenvalue weighted by molar-refractivity contribution is -0.143. The van der Waals surface area contributed by atoms with Crippen LogP contribution in [0.2, 0.25) is 0 Å². The van der Waals surface area contributed by atoms with Crippen molar-refractivity contribution in [2.75, 3.05) is 27.4 Å². The molecule has 0 aliphatic rings. The molecule has 0 amide bonds. The maximum Gasteiger partial charge on any atom is 0.322 e. The van der Waals surface area contributed by atoms with Crippen molar-refractivity contribution >= 4 is 5.97 Å². The topological polar surface area (TPSA) is 56.8 Å². The highest BCUT2D eigenvalue weighted by atomic mass is 16.5. The van der Waals surface area contributed by atoms with E-state index in [1.165, 1.54) is 7.11 Å². The van der Waals surface area contributed by atoms with Gasteiger partial charge in [-0.05, 0) is 25.1 Å². The zero-order chi connectivity index (χ0) is 14.8. The molecular formula is C15H23NO4. The number of carbonyl (C=O) groups is 1. The van der Waals surface area contributed by atoms with E-state index in [0.717, 1.165) is 24.5 Å². The summed E-state index contributed by atoms with van der Waals surface area (Å²) >= 11 is 0. The molecule has 1 unspecified atom stereocenters. The highest BCUT2D eigenvalue weighted by molar-refractivity contribution is 5.75. The second kappa shape index (κ2) is 9.20. The van der Waals surface area contributed by atoms with Crippen LogP contribution in [0, 0.1) is 0 Å². The first-order chi connectivity index (χ1) is 9.71. The largest absolute Gasteiger partial charge is 0.497 e. The van der Waals surface area contributed by atoms with Crippen molar-refractivity contribution in [1.82, 2.24) is 5.32 Å². The van der Waals surface area contributed by atoms with Crippen LogP contribution in [0.3, 0.4) is 0 Å².